The van der Waals surface area contributed by atoms with Gasteiger partial charge in [0.25, 0.3) is 0 Å². The second-order valence-electron chi connectivity index (χ2n) is 6.96. The van der Waals surface area contributed by atoms with Gasteiger partial charge in [-0.3, -0.25) is 0 Å². The van der Waals surface area contributed by atoms with Crippen LogP contribution in [0.15, 0.2) is 24.3 Å². The van der Waals surface area contributed by atoms with E-state index in [0.29, 0.717) is 38.4 Å². The van der Waals surface area contributed by atoms with Crippen LogP contribution in [0.2, 0.25) is 0 Å². The molecule has 0 aliphatic carbocycles. The molecule has 8 heteroatoms. The third kappa shape index (κ3) is 4.50. The molecule has 0 unspecified atom stereocenters. The molecule has 1 aromatic carbocycles. The van der Waals surface area contributed by atoms with Gasteiger partial charge < -0.3 is 4.90 Å². The van der Waals surface area contributed by atoms with Gasteiger partial charge in [0, 0.05) is 43.9 Å². The smallest absolute Gasteiger partial charge is 0.213 e. The molecular weight excluding hydrogens is 379 g/mol. The molecule has 1 fully saturated rings. The van der Waals surface area contributed by atoms with Crippen LogP contribution in [0.1, 0.15) is 36.5 Å². The van der Waals surface area contributed by atoms with Gasteiger partial charge in [0.05, 0.1) is 5.75 Å². The maximum absolute atomic E-state index is 13.3. The third-order valence-corrected chi connectivity index (χ3v) is 6.99. The van der Waals surface area contributed by atoms with Gasteiger partial charge in [-0.05, 0) is 38.0 Å². The monoisotopic (exact) mass is 406 g/mol. The summed E-state index contributed by atoms with van der Waals surface area (Å²) in [5, 5.41) is 0. The standard InChI is InChI=1S/C20H27FN4O2S/c1-4-19-18(14-16-6-8-17(21)9-7-16)20(23-15(3)22-19)24-10-12-25(13-11-24)28(26,27)5-2/h6-9H,4-5,10-14H2,1-3H3. The number of piperazine rings is 1. The van der Waals surface area contributed by atoms with E-state index in [0.717, 1.165) is 29.1 Å². The van der Waals surface area contributed by atoms with Crippen LogP contribution in [0.4, 0.5) is 10.2 Å². The molecule has 6 nitrogen and oxygen atoms in total. The van der Waals surface area contributed by atoms with Gasteiger partial charge in [-0.2, -0.15) is 4.31 Å². The van der Waals surface area contributed by atoms with E-state index in [-0.39, 0.29) is 11.6 Å². The Morgan fingerprint density at radius 3 is 2.25 bits per heavy atom. The van der Waals surface area contributed by atoms with E-state index < -0.39 is 10.0 Å². The number of sulfonamides is 1. The Morgan fingerprint density at radius 2 is 1.68 bits per heavy atom. The topological polar surface area (TPSA) is 66.4 Å². The summed E-state index contributed by atoms with van der Waals surface area (Å²) in [6.45, 7) is 7.70. The van der Waals surface area contributed by atoms with Crippen LogP contribution in [-0.4, -0.2) is 54.6 Å². The highest BCUT2D eigenvalue weighted by Gasteiger charge is 2.28. The van der Waals surface area contributed by atoms with Crippen molar-refractivity contribution >= 4 is 15.8 Å². The lowest BCUT2D eigenvalue weighted by molar-refractivity contribution is 0.384. The van der Waals surface area contributed by atoms with Gasteiger partial charge in [-0.15, -0.1) is 0 Å². The molecule has 152 valence electrons. The van der Waals surface area contributed by atoms with Gasteiger partial charge in [0.1, 0.15) is 17.5 Å². The summed E-state index contributed by atoms with van der Waals surface area (Å²) in [6.07, 6.45) is 1.39. The van der Waals surface area contributed by atoms with Crippen LogP contribution in [0.25, 0.3) is 0 Å². The Bertz CT molecular complexity index is 924. The van der Waals surface area contributed by atoms with Gasteiger partial charge >= 0.3 is 0 Å². The van der Waals surface area contributed by atoms with Crippen molar-refractivity contribution in [1.82, 2.24) is 14.3 Å². The maximum atomic E-state index is 13.3. The van der Waals surface area contributed by atoms with E-state index >= 15 is 0 Å². The molecule has 0 spiro atoms. The number of aromatic nitrogens is 2. The van der Waals surface area contributed by atoms with Crippen LogP contribution >= 0.6 is 0 Å². The highest BCUT2D eigenvalue weighted by Crippen LogP contribution is 2.26. The quantitative estimate of drug-likeness (QED) is 0.738. The molecule has 0 N–H and O–H groups in total. The third-order valence-electron chi connectivity index (χ3n) is 5.11. The average Bonchev–Trinajstić information content (AvgIpc) is 2.70. The second kappa shape index (κ2) is 8.53. The molecule has 0 atom stereocenters. The van der Waals surface area contributed by atoms with Crippen molar-refractivity contribution in [3.63, 3.8) is 0 Å². The molecule has 28 heavy (non-hydrogen) atoms. The number of hydrogen-bond acceptors (Lipinski definition) is 5. The SMILES string of the molecule is CCc1nc(C)nc(N2CCN(S(=O)(=O)CC)CC2)c1Cc1ccc(F)cc1. The largest absolute Gasteiger partial charge is 0.354 e. The molecule has 0 radical (unpaired) electrons. The first-order valence-electron chi connectivity index (χ1n) is 9.67. The van der Waals surface area contributed by atoms with Crippen LogP contribution in [0.5, 0.6) is 0 Å². The fraction of sp³-hybridized carbons (Fsp3) is 0.500. The number of nitrogens with zero attached hydrogens (tertiary/aromatic N) is 4. The van der Waals surface area contributed by atoms with E-state index in [1.165, 1.54) is 12.1 Å². The van der Waals surface area contributed by atoms with Gasteiger partial charge in [-0.25, -0.2) is 22.8 Å². The van der Waals surface area contributed by atoms with Crippen molar-refractivity contribution in [3.8, 4) is 0 Å². The van der Waals surface area contributed by atoms with E-state index in [4.69, 9.17) is 4.98 Å². The number of benzene rings is 1. The molecule has 2 aromatic rings. The molecule has 2 heterocycles. The van der Waals surface area contributed by atoms with Crippen LogP contribution in [0.3, 0.4) is 0 Å². The molecule has 1 aliphatic heterocycles. The van der Waals surface area contributed by atoms with Crippen molar-refractivity contribution in [2.45, 2.75) is 33.6 Å². The highest BCUT2D eigenvalue weighted by atomic mass is 32.2. The lowest BCUT2D eigenvalue weighted by Gasteiger charge is -2.35. The molecular formula is C20H27FN4O2S. The number of rotatable bonds is 6. The predicted octanol–water partition coefficient (Wildman–Crippen LogP) is 2.55. The second-order valence-corrected chi connectivity index (χ2v) is 9.22. The summed E-state index contributed by atoms with van der Waals surface area (Å²) in [5.74, 6) is 1.43. The summed E-state index contributed by atoms with van der Waals surface area (Å²) in [6, 6.07) is 6.49. The summed E-state index contributed by atoms with van der Waals surface area (Å²) in [5.41, 5.74) is 3.01. The minimum absolute atomic E-state index is 0.120. The molecule has 0 bridgehead atoms. The van der Waals surface area contributed by atoms with Crippen molar-refractivity contribution in [2.75, 3.05) is 36.8 Å². The fourth-order valence-electron chi connectivity index (χ4n) is 3.54. The van der Waals surface area contributed by atoms with E-state index in [1.807, 2.05) is 6.92 Å². The summed E-state index contributed by atoms with van der Waals surface area (Å²) < 4.78 is 39.1. The number of halogens is 1. The normalized spacial score (nSPS) is 15.8. The van der Waals surface area contributed by atoms with Crippen LogP contribution < -0.4 is 4.90 Å². The van der Waals surface area contributed by atoms with Crippen LogP contribution in [-0.2, 0) is 22.9 Å². The average molecular weight is 407 g/mol. The Labute approximate surface area is 166 Å². The number of hydrogen-bond donors (Lipinski definition) is 0. The molecule has 0 saturated carbocycles. The summed E-state index contributed by atoms with van der Waals surface area (Å²) in [4.78, 5) is 11.5. The first kappa shape index (κ1) is 20.7. The summed E-state index contributed by atoms with van der Waals surface area (Å²) in [7, 11) is -3.17. The van der Waals surface area contributed by atoms with Crippen LogP contribution in [0, 0.1) is 12.7 Å². The highest BCUT2D eigenvalue weighted by molar-refractivity contribution is 7.89. The maximum Gasteiger partial charge on any atom is 0.213 e. The molecule has 1 aliphatic rings. The lowest BCUT2D eigenvalue weighted by Crippen LogP contribution is -2.49. The van der Waals surface area contributed by atoms with E-state index in [9.17, 15) is 12.8 Å². The zero-order chi connectivity index (χ0) is 20.3. The van der Waals surface area contributed by atoms with Gasteiger partial charge in [0.15, 0.2) is 0 Å². The Hall–Kier alpha value is -2.06. The van der Waals surface area contributed by atoms with E-state index in [1.54, 1.807) is 23.4 Å². The minimum atomic E-state index is -3.17. The first-order chi connectivity index (χ1) is 13.3. The molecule has 3 rings (SSSR count). The van der Waals surface area contributed by atoms with Crippen molar-refractivity contribution in [3.05, 3.63) is 52.7 Å². The van der Waals surface area contributed by atoms with Crippen molar-refractivity contribution in [2.24, 2.45) is 0 Å². The molecule has 1 aromatic heterocycles. The van der Waals surface area contributed by atoms with Gasteiger partial charge in [-0.1, -0.05) is 19.1 Å². The minimum Gasteiger partial charge on any atom is -0.354 e. The Morgan fingerprint density at radius 1 is 1.04 bits per heavy atom. The number of anilines is 1. The fourth-order valence-corrected chi connectivity index (χ4v) is 4.62. The molecule has 1 saturated heterocycles. The predicted molar refractivity (Wildman–Crippen MR) is 109 cm³/mol. The van der Waals surface area contributed by atoms with Crippen molar-refractivity contribution < 1.29 is 12.8 Å². The Balaban J connectivity index is 1.90. The lowest BCUT2D eigenvalue weighted by atomic mass is 10.0. The Kier molecular flexibility index (Phi) is 6.30. The zero-order valence-corrected chi connectivity index (χ0v) is 17.5. The summed E-state index contributed by atoms with van der Waals surface area (Å²) >= 11 is 0. The van der Waals surface area contributed by atoms with E-state index in [2.05, 4.69) is 16.8 Å². The molecule has 0 amide bonds. The first-order valence-corrected chi connectivity index (χ1v) is 11.3. The zero-order valence-electron chi connectivity index (χ0n) is 16.7. The number of aryl methyl sites for hydroxylation is 2. The van der Waals surface area contributed by atoms with Gasteiger partial charge in [0.2, 0.25) is 10.0 Å². The van der Waals surface area contributed by atoms with Crippen molar-refractivity contribution in [1.29, 1.82) is 0 Å².